The summed E-state index contributed by atoms with van der Waals surface area (Å²) in [7, 11) is -4.13. The van der Waals surface area contributed by atoms with E-state index in [1.54, 1.807) is 42.5 Å². The number of hydrogen-bond donors (Lipinski definition) is 0. The van der Waals surface area contributed by atoms with Gasteiger partial charge < -0.3 is 14.4 Å². The Morgan fingerprint density at radius 2 is 1.75 bits per heavy atom. The lowest BCUT2D eigenvalue weighted by Crippen LogP contribution is -2.51. The van der Waals surface area contributed by atoms with Crippen molar-refractivity contribution in [3.05, 3.63) is 109 Å². The first-order chi connectivity index (χ1) is 19.1. The van der Waals surface area contributed by atoms with Crippen LogP contribution in [-0.4, -0.2) is 38.2 Å². The minimum atomic E-state index is -4.13. The molecular weight excluding hydrogens is 583 g/mol. The summed E-state index contributed by atoms with van der Waals surface area (Å²) in [4.78, 5) is 20.6. The summed E-state index contributed by atoms with van der Waals surface area (Å²) in [6.45, 7) is 1.37. The lowest BCUT2D eigenvalue weighted by molar-refractivity contribution is -1.21. The van der Waals surface area contributed by atoms with E-state index in [-0.39, 0.29) is 18.1 Å². The van der Waals surface area contributed by atoms with E-state index in [0.29, 0.717) is 38.7 Å². The predicted molar refractivity (Wildman–Crippen MR) is 149 cm³/mol. The quantitative estimate of drug-likeness (QED) is 0.108. The van der Waals surface area contributed by atoms with E-state index < -0.39 is 25.8 Å². The third-order valence-electron chi connectivity index (χ3n) is 6.24. The van der Waals surface area contributed by atoms with Crippen LogP contribution in [0.25, 0.3) is 11.0 Å². The molecule has 10 nitrogen and oxygen atoms in total. The number of fused-ring (bicyclic) bond motifs is 1. The van der Waals surface area contributed by atoms with Crippen molar-refractivity contribution in [2.45, 2.75) is 23.6 Å². The van der Waals surface area contributed by atoms with E-state index in [4.69, 9.17) is 42.1 Å². The maximum Gasteiger partial charge on any atom is 0.340 e. The van der Waals surface area contributed by atoms with Crippen LogP contribution >= 0.6 is 23.2 Å². The summed E-state index contributed by atoms with van der Waals surface area (Å²) in [5.74, 6) is 0.345. The van der Waals surface area contributed by atoms with Crippen molar-refractivity contribution in [3.8, 4) is 5.75 Å². The highest BCUT2D eigenvalue weighted by atomic mass is 35.5. The minimum absolute atomic E-state index is 0.0670. The Bertz CT molecular complexity index is 1740. The minimum Gasteiger partial charge on any atom is -0.551 e. The van der Waals surface area contributed by atoms with Crippen LogP contribution in [0.15, 0.2) is 86.0 Å². The SMILES string of the molecule is Cc1c(Cc2cc(Cl)cc(Cl)c2)c(=O)oc2cc(OCCO[N+]3([O-])ON=CC3S(=O)(=O)c3ccccc3)ccc12. The van der Waals surface area contributed by atoms with Gasteiger partial charge >= 0.3 is 11.0 Å². The van der Waals surface area contributed by atoms with Crippen LogP contribution in [0.3, 0.4) is 0 Å². The monoisotopic (exact) mass is 604 g/mol. The first-order valence-electron chi connectivity index (χ1n) is 12.0. The Hall–Kier alpha value is -3.45. The topological polar surface area (TPSA) is 127 Å². The highest BCUT2D eigenvalue weighted by Crippen LogP contribution is 2.29. The molecule has 1 aromatic heterocycles. The average Bonchev–Trinajstić information content (AvgIpc) is 3.31. The standard InChI is InChI=1S/C27H22Cl2N2O8S/c1-17-23-8-7-21(15-25(23)38-27(32)24(17)13-18-11-19(28)14-20(29)12-18)36-9-10-37-31(33)26(16-30-39-31)40(34,35)22-5-3-2-4-6-22/h2-8,11-12,14-16,26H,9-10,13H2,1H3. The lowest BCUT2D eigenvalue weighted by Gasteiger charge is -2.32. The summed E-state index contributed by atoms with van der Waals surface area (Å²) < 4.78 is 37.0. The fourth-order valence-electron chi connectivity index (χ4n) is 4.28. The zero-order valence-electron chi connectivity index (χ0n) is 21.0. The van der Waals surface area contributed by atoms with Crippen LogP contribution in [-0.2, 0) is 26.0 Å². The molecule has 0 amide bonds. The number of benzene rings is 3. The van der Waals surface area contributed by atoms with Gasteiger partial charge in [0, 0.05) is 38.5 Å². The normalized spacial score (nSPS) is 18.6. The van der Waals surface area contributed by atoms with E-state index in [0.717, 1.165) is 17.3 Å². The van der Waals surface area contributed by atoms with Gasteiger partial charge in [-0.05, 0) is 65.7 Å². The molecule has 2 heterocycles. The third-order valence-corrected chi connectivity index (χ3v) is 8.62. The second-order valence-electron chi connectivity index (χ2n) is 8.91. The summed E-state index contributed by atoms with van der Waals surface area (Å²) in [5, 5.41) is 16.3. The van der Waals surface area contributed by atoms with Gasteiger partial charge in [-0.25, -0.2) is 13.2 Å². The van der Waals surface area contributed by atoms with Crippen molar-refractivity contribution in [2.75, 3.05) is 13.2 Å². The van der Waals surface area contributed by atoms with Crippen LogP contribution in [0.2, 0.25) is 10.0 Å². The molecule has 2 atom stereocenters. The summed E-state index contributed by atoms with van der Waals surface area (Å²) in [6.07, 6.45) is 1.18. The molecule has 13 heteroatoms. The number of aryl methyl sites for hydroxylation is 1. The molecule has 0 aliphatic carbocycles. The van der Waals surface area contributed by atoms with Gasteiger partial charge in [0.25, 0.3) is 0 Å². The number of hydroxylamine groups is 3. The first-order valence-corrected chi connectivity index (χ1v) is 14.3. The predicted octanol–water partition coefficient (Wildman–Crippen LogP) is 5.36. The Labute approximate surface area is 238 Å². The molecule has 4 aromatic rings. The van der Waals surface area contributed by atoms with E-state index in [2.05, 4.69) is 5.16 Å². The second kappa shape index (κ2) is 11.2. The van der Waals surface area contributed by atoms with E-state index in [1.807, 2.05) is 6.92 Å². The highest BCUT2D eigenvalue weighted by Gasteiger charge is 2.49. The van der Waals surface area contributed by atoms with Crippen molar-refractivity contribution >= 4 is 50.2 Å². The number of oxime groups is 1. The fraction of sp³-hybridized carbons (Fsp3) is 0.185. The maximum absolute atomic E-state index is 13.0. The molecule has 0 fully saturated rings. The molecule has 40 heavy (non-hydrogen) atoms. The maximum atomic E-state index is 13.0. The van der Waals surface area contributed by atoms with Gasteiger partial charge in [-0.3, -0.25) is 0 Å². The van der Waals surface area contributed by atoms with E-state index >= 15 is 0 Å². The fourth-order valence-corrected chi connectivity index (χ4v) is 6.32. The van der Waals surface area contributed by atoms with Gasteiger partial charge in [0.15, 0.2) is 0 Å². The summed E-state index contributed by atoms with van der Waals surface area (Å²) >= 11 is 12.2. The lowest BCUT2D eigenvalue weighted by atomic mass is 9.99. The number of hydrogen-bond acceptors (Lipinski definition) is 9. The molecule has 1 aliphatic rings. The molecule has 1 aliphatic heterocycles. The smallest absolute Gasteiger partial charge is 0.340 e. The summed E-state index contributed by atoms with van der Waals surface area (Å²) in [6, 6.07) is 17.5. The van der Waals surface area contributed by atoms with E-state index in [9.17, 15) is 18.4 Å². The van der Waals surface area contributed by atoms with Crippen molar-refractivity contribution in [3.63, 3.8) is 0 Å². The van der Waals surface area contributed by atoms with Crippen LogP contribution in [0.5, 0.6) is 5.75 Å². The van der Waals surface area contributed by atoms with Crippen molar-refractivity contribution in [1.29, 1.82) is 0 Å². The van der Waals surface area contributed by atoms with Gasteiger partial charge in [0.2, 0.25) is 9.84 Å². The van der Waals surface area contributed by atoms with Crippen molar-refractivity contribution < 1.29 is 32.3 Å². The number of quaternary nitrogens is 1. The second-order valence-corrected chi connectivity index (χ2v) is 11.8. The van der Waals surface area contributed by atoms with Gasteiger partial charge in [0.05, 0.1) is 4.90 Å². The molecule has 0 saturated carbocycles. The number of sulfone groups is 1. The van der Waals surface area contributed by atoms with Crippen LogP contribution in [0.4, 0.5) is 0 Å². The number of halogens is 2. The molecule has 0 radical (unpaired) electrons. The van der Waals surface area contributed by atoms with Crippen LogP contribution in [0, 0.1) is 12.1 Å². The largest absolute Gasteiger partial charge is 0.551 e. The Morgan fingerprint density at radius 3 is 2.48 bits per heavy atom. The van der Waals surface area contributed by atoms with Crippen LogP contribution in [0.1, 0.15) is 16.7 Å². The number of rotatable bonds is 9. The van der Waals surface area contributed by atoms with Gasteiger partial charge in [-0.1, -0.05) is 41.4 Å². The molecule has 5 rings (SSSR count). The third kappa shape index (κ3) is 5.71. The zero-order valence-corrected chi connectivity index (χ0v) is 23.3. The molecule has 0 bridgehead atoms. The number of nitrogens with zero attached hydrogens (tertiary/aromatic N) is 2. The summed E-state index contributed by atoms with van der Waals surface area (Å²) in [5.41, 5.74) is 1.80. The van der Waals surface area contributed by atoms with Crippen LogP contribution < -0.4 is 10.4 Å². The number of ether oxygens (including phenoxy) is 1. The Balaban J connectivity index is 1.25. The Morgan fingerprint density at radius 1 is 1.02 bits per heavy atom. The molecule has 2 unspecified atom stereocenters. The van der Waals surface area contributed by atoms with Gasteiger partial charge in [-0.15, -0.1) is 4.84 Å². The molecular formula is C27H22Cl2N2O8S. The molecule has 3 aromatic carbocycles. The molecule has 0 spiro atoms. The highest BCUT2D eigenvalue weighted by molar-refractivity contribution is 7.92. The van der Waals surface area contributed by atoms with Gasteiger partial charge in [-0.2, -0.15) is 4.94 Å². The van der Waals surface area contributed by atoms with Gasteiger partial charge in [0.1, 0.15) is 30.8 Å². The van der Waals surface area contributed by atoms with Crippen molar-refractivity contribution in [1.82, 2.24) is 0 Å². The molecule has 0 saturated heterocycles. The molecule has 208 valence electrons. The first kappa shape index (κ1) is 28.1. The van der Waals surface area contributed by atoms with E-state index in [1.165, 1.54) is 24.3 Å². The average molecular weight is 605 g/mol. The van der Waals surface area contributed by atoms with Crippen molar-refractivity contribution in [2.24, 2.45) is 5.16 Å². The zero-order chi connectivity index (χ0) is 28.5. The Kier molecular flexibility index (Phi) is 7.87. The molecule has 0 N–H and O–H groups in total.